The highest BCUT2D eigenvalue weighted by molar-refractivity contribution is 5.94. The lowest BCUT2D eigenvalue weighted by molar-refractivity contribution is -0.400. The van der Waals surface area contributed by atoms with Crippen LogP contribution in [0.4, 0.5) is 5.69 Å². The Morgan fingerprint density at radius 3 is 2.57 bits per heavy atom. The van der Waals surface area contributed by atoms with Crippen molar-refractivity contribution in [1.82, 2.24) is 0 Å². The van der Waals surface area contributed by atoms with Gasteiger partial charge in [-0.25, -0.2) is 0 Å². The number of anilines is 1. The molecular formula is C17H22N2O9. The molecule has 1 aliphatic rings. The van der Waals surface area contributed by atoms with Gasteiger partial charge in [-0.3, -0.25) is 19.8 Å². The predicted molar refractivity (Wildman–Crippen MR) is 95.9 cm³/mol. The van der Waals surface area contributed by atoms with Crippen molar-refractivity contribution in [3.63, 3.8) is 0 Å². The first-order valence-electron chi connectivity index (χ1n) is 8.31. The number of hydrogen-bond donors (Lipinski definition) is 4. The molecule has 1 fully saturated rings. The maximum absolute atomic E-state index is 12.3. The molecule has 1 aromatic rings. The molecule has 28 heavy (non-hydrogen) atoms. The fourth-order valence-corrected chi connectivity index (χ4v) is 3.05. The van der Waals surface area contributed by atoms with E-state index >= 15 is 0 Å². The first-order valence-corrected chi connectivity index (χ1v) is 8.31. The van der Waals surface area contributed by atoms with Crippen molar-refractivity contribution in [2.24, 2.45) is 0 Å². The molecule has 4 N–H and O–H groups in total. The highest BCUT2D eigenvalue weighted by atomic mass is 16.6. The first kappa shape index (κ1) is 21.7. The summed E-state index contributed by atoms with van der Waals surface area (Å²) in [6, 6.07) is 2.94. The second-order valence-electron chi connectivity index (χ2n) is 6.14. The molecule has 5 atom stereocenters. The molecule has 1 heterocycles. The van der Waals surface area contributed by atoms with Gasteiger partial charge in [0.1, 0.15) is 30.1 Å². The van der Waals surface area contributed by atoms with Crippen LogP contribution in [-0.4, -0.2) is 75.6 Å². The third kappa shape index (κ3) is 4.46. The smallest absolute Gasteiger partial charge is 0.235 e. The van der Waals surface area contributed by atoms with Crippen LogP contribution in [0.1, 0.15) is 12.5 Å². The van der Waals surface area contributed by atoms with Gasteiger partial charge >= 0.3 is 0 Å². The number of carbonyl (C=O) groups excluding carboxylic acids is 1. The van der Waals surface area contributed by atoms with Crippen molar-refractivity contribution in [2.75, 3.05) is 18.6 Å². The number of aliphatic hydroxyl groups excluding tert-OH is 4. The summed E-state index contributed by atoms with van der Waals surface area (Å²) in [5.74, 6) is -0.452. The molecule has 2 rings (SSSR count). The van der Waals surface area contributed by atoms with E-state index in [9.17, 15) is 35.3 Å². The van der Waals surface area contributed by atoms with Crippen LogP contribution >= 0.6 is 0 Å². The second kappa shape index (κ2) is 9.08. The number of carbonyl (C=O) groups is 1. The van der Waals surface area contributed by atoms with Gasteiger partial charge in [0.25, 0.3) is 0 Å². The molecule has 1 amide bonds. The summed E-state index contributed by atoms with van der Waals surface area (Å²) >= 11 is 0. The van der Waals surface area contributed by atoms with Gasteiger partial charge in [-0.2, -0.15) is 0 Å². The highest BCUT2D eigenvalue weighted by Crippen LogP contribution is 2.35. The van der Waals surface area contributed by atoms with E-state index in [1.165, 1.54) is 38.3 Å². The molecule has 0 aliphatic carbocycles. The lowest BCUT2D eigenvalue weighted by Gasteiger charge is -2.45. The lowest BCUT2D eigenvalue weighted by Crippen LogP contribution is -2.65. The Morgan fingerprint density at radius 1 is 1.36 bits per heavy atom. The summed E-state index contributed by atoms with van der Waals surface area (Å²) in [5, 5.41) is 50.5. The molecule has 11 heteroatoms. The van der Waals surface area contributed by atoms with Gasteiger partial charge in [-0.1, -0.05) is 6.07 Å². The van der Waals surface area contributed by atoms with E-state index in [0.717, 1.165) is 11.1 Å². The van der Waals surface area contributed by atoms with Gasteiger partial charge in [0, 0.05) is 13.0 Å². The molecule has 1 aromatic carbocycles. The van der Waals surface area contributed by atoms with E-state index in [1.54, 1.807) is 0 Å². The SMILES string of the molecule is COc1cc(/C=C/[N+](=O)[O-])ccc1N(C(C)=O)[C@@H]1[C@@H](O)[C@H](O)[C@@H](CO)O[C@H]1O. The Hall–Kier alpha value is -2.57. The summed E-state index contributed by atoms with van der Waals surface area (Å²) < 4.78 is 10.4. The van der Waals surface area contributed by atoms with Gasteiger partial charge in [0.15, 0.2) is 6.29 Å². The zero-order valence-corrected chi connectivity index (χ0v) is 15.2. The Kier molecular flexibility index (Phi) is 7.05. The minimum absolute atomic E-state index is 0.138. The summed E-state index contributed by atoms with van der Waals surface area (Å²) in [6.07, 6.45) is -4.11. The average Bonchev–Trinajstić information content (AvgIpc) is 2.66. The van der Waals surface area contributed by atoms with E-state index in [0.29, 0.717) is 5.56 Å². The van der Waals surface area contributed by atoms with Crippen molar-refractivity contribution in [3.8, 4) is 5.75 Å². The summed E-state index contributed by atoms with van der Waals surface area (Å²) in [4.78, 5) is 23.2. The van der Waals surface area contributed by atoms with Gasteiger partial charge in [-0.05, 0) is 17.7 Å². The fraction of sp³-hybridized carbons (Fsp3) is 0.471. The summed E-state index contributed by atoms with van der Waals surface area (Å²) in [6.45, 7) is 0.548. The molecule has 11 nitrogen and oxygen atoms in total. The van der Waals surface area contributed by atoms with Crippen LogP contribution in [0.2, 0.25) is 0 Å². The molecule has 0 unspecified atom stereocenters. The molecular weight excluding hydrogens is 376 g/mol. The number of methoxy groups -OCH3 is 1. The quantitative estimate of drug-likeness (QED) is 0.351. The minimum atomic E-state index is -1.70. The number of aliphatic hydroxyl groups is 4. The minimum Gasteiger partial charge on any atom is -0.495 e. The lowest BCUT2D eigenvalue weighted by atomic mass is 9.95. The Bertz CT molecular complexity index is 754. The van der Waals surface area contributed by atoms with E-state index < -0.39 is 48.1 Å². The maximum Gasteiger partial charge on any atom is 0.235 e. The predicted octanol–water partition coefficient (Wildman–Crippen LogP) is -0.905. The third-order valence-electron chi connectivity index (χ3n) is 4.36. The van der Waals surface area contributed by atoms with Crippen LogP contribution in [-0.2, 0) is 9.53 Å². The largest absolute Gasteiger partial charge is 0.495 e. The van der Waals surface area contributed by atoms with Crippen molar-refractivity contribution in [3.05, 3.63) is 40.1 Å². The fourth-order valence-electron chi connectivity index (χ4n) is 3.05. The first-order chi connectivity index (χ1) is 13.2. The summed E-state index contributed by atoms with van der Waals surface area (Å²) in [7, 11) is 1.32. The number of nitrogens with zero attached hydrogens (tertiary/aromatic N) is 2. The monoisotopic (exact) mass is 398 g/mol. The van der Waals surface area contributed by atoms with E-state index in [-0.39, 0.29) is 11.4 Å². The molecule has 0 saturated carbocycles. The van der Waals surface area contributed by atoms with Gasteiger partial charge < -0.3 is 29.9 Å². The molecule has 1 aliphatic heterocycles. The topological polar surface area (TPSA) is 163 Å². The number of nitro groups is 1. The second-order valence-corrected chi connectivity index (χ2v) is 6.14. The third-order valence-corrected chi connectivity index (χ3v) is 4.36. The number of benzene rings is 1. The standard InChI is InChI=1S/C17H22N2O9/c1-9(21)19(14-16(23)15(22)13(8-20)28-17(14)24)11-4-3-10(5-6-18(25)26)7-12(11)27-2/h3-7,13-17,20,22-24H,8H2,1-2H3/b6-5+/t13-,14-,15-,16-,17-/m1/s1. The van der Waals surface area contributed by atoms with Crippen molar-refractivity contribution in [1.29, 1.82) is 0 Å². The van der Waals surface area contributed by atoms with Crippen LogP contribution in [0.15, 0.2) is 24.4 Å². The molecule has 0 radical (unpaired) electrons. The van der Waals surface area contributed by atoms with Crippen LogP contribution in [0.25, 0.3) is 6.08 Å². The van der Waals surface area contributed by atoms with Crippen LogP contribution in [0.5, 0.6) is 5.75 Å². The van der Waals surface area contributed by atoms with Gasteiger partial charge in [-0.15, -0.1) is 0 Å². The molecule has 0 bridgehead atoms. The van der Waals surface area contributed by atoms with E-state index in [2.05, 4.69) is 0 Å². The van der Waals surface area contributed by atoms with E-state index in [1.807, 2.05) is 0 Å². The molecule has 0 spiro atoms. The highest BCUT2D eigenvalue weighted by Gasteiger charge is 2.48. The van der Waals surface area contributed by atoms with Crippen molar-refractivity contribution in [2.45, 2.75) is 37.6 Å². The number of amides is 1. The van der Waals surface area contributed by atoms with Crippen molar-refractivity contribution >= 4 is 17.7 Å². The average molecular weight is 398 g/mol. The number of hydrogen-bond acceptors (Lipinski definition) is 9. The van der Waals surface area contributed by atoms with Crippen LogP contribution < -0.4 is 9.64 Å². The van der Waals surface area contributed by atoms with Crippen molar-refractivity contribution < 1.29 is 39.6 Å². The molecule has 1 saturated heterocycles. The number of rotatable bonds is 6. The summed E-state index contributed by atoms with van der Waals surface area (Å²) in [5.41, 5.74) is 0.566. The Balaban J connectivity index is 2.46. The zero-order chi connectivity index (χ0) is 21.0. The molecule has 154 valence electrons. The van der Waals surface area contributed by atoms with E-state index in [4.69, 9.17) is 9.47 Å². The van der Waals surface area contributed by atoms with Gasteiger partial charge in [0.2, 0.25) is 12.1 Å². The zero-order valence-electron chi connectivity index (χ0n) is 15.2. The Labute approximate surface area is 160 Å². The van der Waals surface area contributed by atoms with Crippen LogP contribution in [0.3, 0.4) is 0 Å². The number of ether oxygens (including phenoxy) is 2. The Morgan fingerprint density at radius 2 is 2.04 bits per heavy atom. The van der Waals surface area contributed by atoms with Crippen LogP contribution in [0, 0.1) is 10.1 Å². The normalized spacial score (nSPS) is 27.6. The maximum atomic E-state index is 12.3. The molecule has 0 aromatic heterocycles. The van der Waals surface area contributed by atoms with Gasteiger partial charge in [0.05, 0.1) is 24.3 Å².